The number of fused-ring (bicyclic) bond motifs is 2. The highest BCUT2D eigenvalue weighted by Gasteiger charge is 2.18. The lowest BCUT2D eigenvalue weighted by Gasteiger charge is -2.16. The van der Waals surface area contributed by atoms with Crippen LogP contribution in [0, 0.1) is 5.92 Å². The minimum Gasteiger partial charge on any atom is -0.478 e. The van der Waals surface area contributed by atoms with Crippen molar-refractivity contribution in [1.29, 1.82) is 0 Å². The third kappa shape index (κ3) is 3.42. The van der Waals surface area contributed by atoms with Crippen molar-refractivity contribution in [2.75, 3.05) is 12.4 Å². The molecule has 29 heavy (non-hydrogen) atoms. The van der Waals surface area contributed by atoms with Crippen LogP contribution >= 0.6 is 11.6 Å². The largest absolute Gasteiger partial charge is 0.478 e. The highest BCUT2D eigenvalue weighted by Crippen LogP contribution is 2.33. The summed E-state index contributed by atoms with van der Waals surface area (Å²) in [5, 5.41) is 25.9. The van der Waals surface area contributed by atoms with Gasteiger partial charge in [0, 0.05) is 17.8 Å². The van der Waals surface area contributed by atoms with E-state index in [0.29, 0.717) is 18.3 Å². The van der Waals surface area contributed by atoms with Gasteiger partial charge >= 0.3 is 5.97 Å². The van der Waals surface area contributed by atoms with Crippen LogP contribution in [0.4, 0.5) is 5.82 Å². The van der Waals surface area contributed by atoms with Gasteiger partial charge in [-0.25, -0.2) is 4.79 Å². The average Bonchev–Trinajstić information content (AvgIpc) is 3.31. The van der Waals surface area contributed by atoms with Gasteiger partial charge in [0.1, 0.15) is 0 Å². The molecule has 3 N–H and O–H groups in total. The molecule has 1 atom stereocenters. The van der Waals surface area contributed by atoms with Gasteiger partial charge < -0.3 is 10.4 Å². The number of rotatable bonds is 6. The molecule has 0 spiro atoms. The van der Waals surface area contributed by atoms with E-state index < -0.39 is 5.97 Å². The van der Waals surface area contributed by atoms with Gasteiger partial charge in [-0.2, -0.15) is 10.2 Å². The number of hydrogen-bond acceptors (Lipinski definition) is 4. The number of nitrogens with zero attached hydrogens (tertiary/aromatic N) is 3. The van der Waals surface area contributed by atoms with Crippen molar-refractivity contribution in [1.82, 2.24) is 20.0 Å². The summed E-state index contributed by atoms with van der Waals surface area (Å²) in [5.41, 5.74) is 4.09. The molecular formula is C21H22ClN5O2. The molecule has 7 nitrogen and oxygen atoms in total. The molecule has 2 heterocycles. The normalized spacial score (nSPS) is 12.7. The van der Waals surface area contributed by atoms with Crippen molar-refractivity contribution in [3.8, 4) is 0 Å². The summed E-state index contributed by atoms with van der Waals surface area (Å²) in [4.78, 5) is 11.3. The minimum atomic E-state index is -0.963. The van der Waals surface area contributed by atoms with Crippen molar-refractivity contribution in [2.45, 2.75) is 25.8 Å². The first-order valence-corrected chi connectivity index (χ1v) is 9.84. The number of carboxylic acid groups (broad SMARTS) is 1. The summed E-state index contributed by atoms with van der Waals surface area (Å²) < 4.78 is 1.87. The van der Waals surface area contributed by atoms with Gasteiger partial charge in [-0.3, -0.25) is 9.78 Å². The first kappa shape index (κ1) is 19.3. The third-order valence-electron chi connectivity index (χ3n) is 5.11. The van der Waals surface area contributed by atoms with Gasteiger partial charge in [-0.15, -0.1) is 11.6 Å². The van der Waals surface area contributed by atoms with E-state index in [9.17, 15) is 9.90 Å². The molecule has 0 saturated heterocycles. The van der Waals surface area contributed by atoms with Crippen molar-refractivity contribution >= 4 is 45.2 Å². The van der Waals surface area contributed by atoms with Crippen LogP contribution < -0.4 is 5.32 Å². The molecule has 0 aliphatic heterocycles. The van der Waals surface area contributed by atoms with E-state index in [-0.39, 0.29) is 10.9 Å². The maximum Gasteiger partial charge on any atom is 0.335 e. The van der Waals surface area contributed by atoms with E-state index in [2.05, 4.69) is 46.6 Å². The number of nitrogens with one attached hydrogen (secondary N) is 2. The van der Waals surface area contributed by atoms with Crippen molar-refractivity contribution in [2.24, 2.45) is 5.92 Å². The van der Waals surface area contributed by atoms with Crippen LogP contribution in [0.25, 0.3) is 21.8 Å². The Bertz CT molecular complexity index is 1210. The van der Waals surface area contributed by atoms with Crippen LogP contribution in [-0.2, 0) is 6.54 Å². The van der Waals surface area contributed by atoms with Gasteiger partial charge in [0.15, 0.2) is 5.82 Å². The lowest BCUT2D eigenvalue weighted by Crippen LogP contribution is -2.06. The smallest absolute Gasteiger partial charge is 0.335 e. The van der Waals surface area contributed by atoms with Crippen molar-refractivity contribution in [3.63, 3.8) is 0 Å². The molecule has 0 saturated carbocycles. The number of carbonyl (C=O) groups is 1. The highest BCUT2D eigenvalue weighted by atomic mass is 35.5. The summed E-state index contributed by atoms with van der Waals surface area (Å²) in [6, 6.07) is 9.19. The van der Waals surface area contributed by atoms with E-state index in [1.807, 2.05) is 4.68 Å². The molecule has 4 rings (SSSR count). The van der Waals surface area contributed by atoms with Crippen molar-refractivity contribution < 1.29 is 9.90 Å². The zero-order chi connectivity index (χ0) is 20.7. The summed E-state index contributed by atoms with van der Waals surface area (Å²) >= 11 is 6.63. The number of hydrogen-bond donors (Lipinski definition) is 3. The number of carboxylic acids is 1. The first-order valence-electron chi connectivity index (χ1n) is 9.40. The predicted molar refractivity (Wildman–Crippen MR) is 115 cm³/mol. The number of aromatic amines is 1. The molecule has 2 aromatic heterocycles. The Labute approximate surface area is 172 Å². The maximum atomic E-state index is 11.3. The topological polar surface area (TPSA) is 95.8 Å². The lowest BCUT2D eigenvalue weighted by atomic mass is 9.98. The summed E-state index contributed by atoms with van der Waals surface area (Å²) in [6.45, 7) is 4.69. The standard InChI is InChI=1S/C21H22ClN5O2/c1-11(2)18(22)13-6-14-9-24-25-19(14)15(7-13)10-27-17-5-4-12(21(28)29)8-16(17)20(23-3)26-27/h4-9,11,18H,10H2,1-3H3,(H,23,26)(H,24,25)(H,28,29). The maximum absolute atomic E-state index is 11.3. The number of aromatic nitrogens is 4. The second-order valence-electron chi connectivity index (χ2n) is 7.45. The average molecular weight is 412 g/mol. The first-order chi connectivity index (χ1) is 13.9. The third-order valence-corrected chi connectivity index (χ3v) is 5.87. The number of alkyl halides is 1. The molecule has 0 aliphatic rings. The number of benzene rings is 2. The van der Waals surface area contributed by atoms with Crippen LogP contribution in [0.5, 0.6) is 0 Å². The van der Waals surface area contributed by atoms with Crippen LogP contribution in [0.3, 0.4) is 0 Å². The molecule has 0 aliphatic carbocycles. The second kappa shape index (κ2) is 7.40. The predicted octanol–water partition coefficient (Wildman–Crippen LogP) is 4.64. The Morgan fingerprint density at radius 1 is 1.31 bits per heavy atom. The van der Waals surface area contributed by atoms with E-state index >= 15 is 0 Å². The van der Waals surface area contributed by atoms with E-state index in [0.717, 1.165) is 32.9 Å². The molecule has 2 aromatic carbocycles. The van der Waals surface area contributed by atoms with E-state index in [4.69, 9.17) is 11.6 Å². The number of anilines is 1. The molecule has 0 radical (unpaired) electrons. The summed E-state index contributed by atoms with van der Waals surface area (Å²) in [5.74, 6) is -0.0299. The quantitative estimate of drug-likeness (QED) is 0.402. The Hall–Kier alpha value is -3.06. The molecule has 1 unspecified atom stereocenters. The fourth-order valence-electron chi connectivity index (χ4n) is 3.60. The monoisotopic (exact) mass is 411 g/mol. The molecule has 0 amide bonds. The zero-order valence-electron chi connectivity index (χ0n) is 16.4. The summed E-state index contributed by atoms with van der Waals surface area (Å²) in [7, 11) is 1.77. The highest BCUT2D eigenvalue weighted by molar-refractivity contribution is 6.21. The number of halogens is 1. The number of H-pyrrole nitrogens is 1. The molecule has 150 valence electrons. The van der Waals surface area contributed by atoms with Crippen LogP contribution in [0.2, 0.25) is 0 Å². The molecule has 4 aromatic rings. The van der Waals surface area contributed by atoms with Gasteiger partial charge in [0.05, 0.1) is 34.7 Å². The van der Waals surface area contributed by atoms with Crippen molar-refractivity contribution in [3.05, 3.63) is 53.2 Å². The minimum absolute atomic E-state index is 0.103. The molecule has 0 bridgehead atoms. The molecule has 8 heteroatoms. The van der Waals surface area contributed by atoms with Gasteiger partial charge in [0.25, 0.3) is 0 Å². The Kier molecular flexibility index (Phi) is 4.92. The Balaban J connectivity index is 1.83. The Morgan fingerprint density at radius 2 is 2.10 bits per heavy atom. The SMILES string of the molecule is CNc1nn(Cc2cc(C(Cl)C(C)C)cc3cn[nH]c23)c2ccc(C(=O)O)cc12. The van der Waals surface area contributed by atoms with E-state index in [1.54, 1.807) is 31.4 Å². The second-order valence-corrected chi connectivity index (χ2v) is 7.92. The van der Waals surface area contributed by atoms with E-state index in [1.165, 1.54) is 0 Å². The van der Waals surface area contributed by atoms with Crippen LogP contribution in [-0.4, -0.2) is 38.1 Å². The fraction of sp³-hybridized carbons (Fsp3) is 0.286. The molecular weight excluding hydrogens is 390 g/mol. The van der Waals surface area contributed by atoms with Gasteiger partial charge in [0.2, 0.25) is 0 Å². The fourth-order valence-corrected chi connectivity index (χ4v) is 3.73. The van der Waals surface area contributed by atoms with Gasteiger partial charge in [-0.05, 0) is 41.3 Å². The summed E-state index contributed by atoms with van der Waals surface area (Å²) in [6.07, 6.45) is 1.80. The van der Waals surface area contributed by atoms with Gasteiger partial charge in [-0.1, -0.05) is 19.9 Å². The zero-order valence-corrected chi connectivity index (χ0v) is 17.2. The number of aromatic carboxylic acids is 1. The molecule has 0 fully saturated rings. The Morgan fingerprint density at radius 3 is 2.79 bits per heavy atom. The van der Waals surface area contributed by atoms with Crippen LogP contribution in [0.1, 0.15) is 40.7 Å². The lowest BCUT2D eigenvalue weighted by molar-refractivity contribution is 0.0697. The van der Waals surface area contributed by atoms with Crippen LogP contribution in [0.15, 0.2) is 36.5 Å².